The van der Waals surface area contributed by atoms with Crippen molar-refractivity contribution in [1.82, 2.24) is 5.32 Å². The van der Waals surface area contributed by atoms with Gasteiger partial charge >= 0.3 is 0 Å². The SMILES string of the molecule is C=C(CNC)c1ccc(N)c(C2=CCCCC2)c1. The maximum absolute atomic E-state index is 6.11. The summed E-state index contributed by atoms with van der Waals surface area (Å²) in [6.07, 6.45) is 7.23. The number of nitrogens with one attached hydrogen (secondary N) is 1. The van der Waals surface area contributed by atoms with Gasteiger partial charge < -0.3 is 11.1 Å². The second kappa shape index (κ2) is 5.87. The van der Waals surface area contributed by atoms with E-state index in [-0.39, 0.29) is 0 Å². The van der Waals surface area contributed by atoms with Crippen molar-refractivity contribution in [2.24, 2.45) is 0 Å². The number of hydrogen-bond acceptors (Lipinski definition) is 2. The predicted molar refractivity (Wildman–Crippen MR) is 80.3 cm³/mol. The number of benzene rings is 1. The third kappa shape index (κ3) is 2.82. The summed E-state index contributed by atoms with van der Waals surface area (Å²) in [6, 6.07) is 6.25. The Hall–Kier alpha value is -1.54. The number of anilines is 1. The molecule has 0 saturated carbocycles. The smallest absolute Gasteiger partial charge is 0.0390 e. The van der Waals surface area contributed by atoms with Crippen LogP contribution in [-0.2, 0) is 0 Å². The first-order valence-corrected chi connectivity index (χ1v) is 6.64. The molecule has 0 fully saturated rings. The van der Waals surface area contributed by atoms with Gasteiger partial charge in [0.25, 0.3) is 0 Å². The fourth-order valence-electron chi connectivity index (χ4n) is 2.45. The topological polar surface area (TPSA) is 38.0 Å². The largest absolute Gasteiger partial charge is 0.398 e. The van der Waals surface area contributed by atoms with Crippen LogP contribution in [0.15, 0.2) is 30.9 Å². The van der Waals surface area contributed by atoms with E-state index in [1.807, 2.05) is 13.1 Å². The Bertz CT molecular complexity index is 472. The van der Waals surface area contributed by atoms with E-state index in [1.165, 1.54) is 36.0 Å². The molecule has 2 nitrogen and oxygen atoms in total. The van der Waals surface area contributed by atoms with Crippen molar-refractivity contribution in [2.75, 3.05) is 19.3 Å². The summed E-state index contributed by atoms with van der Waals surface area (Å²) < 4.78 is 0. The number of nitrogen functional groups attached to an aromatic ring is 1. The van der Waals surface area contributed by atoms with Crippen molar-refractivity contribution in [1.29, 1.82) is 0 Å². The van der Waals surface area contributed by atoms with Gasteiger partial charge in [0.2, 0.25) is 0 Å². The molecule has 1 aliphatic carbocycles. The normalized spacial score (nSPS) is 15.3. The minimum absolute atomic E-state index is 0.808. The highest BCUT2D eigenvalue weighted by molar-refractivity contribution is 5.79. The molecule has 0 amide bonds. The Morgan fingerprint density at radius 1 is 1.39 bits per heavy atom. The Balaban J connectivity index is 2.32. The Morgan fingerprint density at radius 2 is 2.22 bits per heavy atom. The van der Waals surface area contributed by atoms with Crippen LogP contribution in [0, 0.1) is 0 Å². The van der Waals surface area contributed by atoms with Crippen LogP contribution in [0.5, 0.6) is 0 Å². The molecule has 1 aromatic rings. The third-order valence-electron chi connectivity index (χ3n) is 3.49. The van der Waals surface area contributed by atoms with Gasteiger partial charge in [-0.05, 0) is 61.6 Å². The van der Waals surface area contributed by atoms with Crippen LogP contribution < -0.4 is 11.1 Å². The van der Waals surface area contributed by atoms with Gasteiger partial charge in [0.15, 0.2) is 0 Å². The highest BCUT2D eigenvalue weighted by Gasteiger charge is 2.10. The molecule has 2 rings (SSSR count). The molecule has 0 heterocycles. The van der Waals surface area contributed by atoms with Gasteiger partial charge in [-0.25, -0.2) is 0 Å². The van der Waals surface area contributed by atoms with E-state index in [1.54, 1.807) is 0 Å². The molecule has 0 aliphatic heterocycles. The number of likely N-dealkylation sites (N-methyl/N-ethyl adjacent to an activating group) is 1. The van der Waals surface area contributed by atoms with Gasteiger partial charge in [0, 0.05) is 17.8 Å². The van der Waals surface area contributed by atoms with Crippen LogP contribution >= 0.6 is 0 Å². The summed E-state index contributed by atoms with van der Waals surface area (Å²) in [5.74, 6) is 0. The molecule has 3 N–H and O–H groups in total. The molecule has 0 radical (unpaired) electrons. The second-order valence-electron chi connectivity index (χ2n) is 4.91. The fraction of sp³-hybridized carbons (Fsp3) is 0.375. The lowest BCUT2D eigenvalue weighted by Crippen LogP contribution is -2.09. The highest BCUT2D eigenvalue weighted by Crippen LogP contribution is 2.32. The summed E-state index contributed by atoms with van der Waals surface area (Å²) in [6.45, 7) is 4.92. The molecule has 96 valence electrons. The molecule has 0 saturated heterocycles. The summed E-state index contributed by atoms with van der Waals surface area (Å²) in [7, 11) is 1.94. The van der Waals surface area contributed by atoms with Gasteiger partial charge in [-0.3, -0.25) is 0 Å². The van der Waals surface area contributed by atoms with Gasteiger partial charge in [-0.15, -0.1) is 0 Å². The standard InChI is InChI=1S/C16H22N2/c1-12(11-18-2)14-8-9-16(17)15(10-14)13-6-4-3-5-7-13/h6,8-10,18H,1,3-5,7,11,17H2,2H3. The molecule has 1 aliphatic rings. The lowest BCUT2D eigenvalue weighted by molar-refractivity contribution is 0.742. The molecular formula is C16H22N2. The van der Waals surface area contributed by atoms with Crippen molar-refractivity contribution in [3.63, 3.8) is 0 Å². The van der Waals surface area contributed by atoms with Crippen LogP contribution in [0.1, 0.15) is 36.8 Å². The third-order valence-corrected chi connectivity index (χ3v) is 3.49. The Kier molecular flexibility index (Phi) is 4.21. The molecule has 0 spiro atoms. The first kappa shape index (κ1) is 12.9. The summed E-state index contributed by atoms with van der Waals surface area (Å²) in [5, 5.41) is 3.13. The Labute approximate surface area is 110 Å². The number of hydrogen-bond donors (Lipinski definition) is 2. The van der Waals surface area contributed by atoms with Crippen LogP contribution in [0.2, 0.25) is 0 Å². The van der Waals surface area contributed by atoms with Crippen molar-refractivity contribution < 1.29 is 0 Å². The van der Waals surface area contributed by atoms with Crippen LogP contribution in [0.25, 0.3) is 11.1 Å². The van der Waals surface area contributed by atoms with Gasteiger partial charge in [0.05, 0.1) is 0 Å². The zero-order valence-electron chi connectivity index (χ0n) is 11.1. The van der Waals surface area contributed by atoms with E-state index in [0.29, 0.717) is 0 Å². The average molecular weight is 242 g/mol. The van der Waals surface area contributed by atoms with E-state index in [2.05, 4.69) is 30.1 Å². The number of allylic oxidation sites excluding steroid dienone is 2. The quantitative estimate of drug-likeness (QED) is 0.794. The fourth-order valence-corrected chi connectivity index (χ4v) is 2.45. The van der Waals surface area contributed by atoms with Crippen LogP contribution in [0.4, 0.5) is 5.69 Å². The number of nitrogens with two attached hydrogens (primary N) is 1. The molecule has 0 aromatic heterocycles. The monoisotopic (exact) mass is 242 g/mol. The highest BCUT2D eigenvalue weighted by atomic mass is 14.8. The lowest BCUT2D eigenvalue weighted by Gasteiger charge is -2.16. The summed E-state index contributed by atoms with van der Waals surface area (Å²) in [5.41, 5.74) is 11.9. The minimum Gasteiger partial charge on any atom is -0.398 e. The molecule has 1 aromatic carbocycles. The van der Waals surface area contributed by atoms with E-state index >= 15 is 0 Å². The van der Waals surface area contributed by atoms with E-state index in [9.17, 15) is 0 Å². The van der Waals surface area contributed by atoms with Crippen molar-refractivity contribution in [3.8, 4) is 0 Å². The second-order valence-corrected chi connectivity index (χ2v) is 4.91. The van der Waals surface area contributed by atoms with Gasteiger partial charge in [0.1, 0.15) is 0 Å². The maximum atomic E-state index is 6.11. The molecule has 0 atom stereocenters. The van der Waals surface area contributed by atoms with E-state index < -0.39 is 0 Å². The molecular weight excluding hydrogens is 220 g/mol. The number of rotatable bonds is 4. The van der Waals surface area contributed by atoms with Gasteiger partial charge in [-0.1, -0.05) is 18.7 Å². The average Bonchev–Trinajstić information content (AvgIpc) is 2.40. The lowest BCUT2D eigenvalue weighted by atomic mass is 9.91. The molecule has 2 heteroatoms. The minimum atomic E-state index is 0.808. The zero-order chi connectivity index (χ0) is 13.0. The summed E-state index contributed by atoms with van der Waals surface area (Å²) >= 11 is 0. The maximum Gasteiger partial charge on any atom is 0.0390 e. The van der Waals surface area contributed by atoms with Crippen LogP contribution in [-0.4, -0.2) is 13.6 Å². The first-order valence-electron chi connectivity index (χ1n) is 6.64. The first-order chi connectivity index (χ1) is 8.72. The van der Waals surface area contributed by atoms with Crippen LogP contribution in [0.3, 0.4) is 0 Å². The van der Waals surface area contributed by atoms with Crippen molar-refractivity contribution in [3.05, 3.63) is 42.0 Å². The van der Waals surface area contributed by atoms with Crippen molar-refractivity contribution in [2.45, 2.75) is 25.7 Å². The Morgan fingerprint density at radius 3 is 2.89 bits per heavy atom. The van der Waals surface area contributed by atoms with E-state index in [0.717, 1.165) is 24.2 Å². The van der Waals surface area contributed by atoms with Crippen molar-refractivity contribution >= 4 is 16.8 Å². The van der Waals surface area contributed by atoms with E-state index in [4.69, 9.17) is 5.73 Å². The summed E-state index contributed by atoms with van der Waals surface area (Å²) in [4.78, 5) is 0. The molecule has 0 unspecified atom stereocenters. The van der Waals surface area contributed by atoms with Gasteiger partial charge in [-0.2, -0.15) is 0 Å². The predicted octanol–water partition coefficient (Wildman–Crippen LogP) is 3.46. The molecule has 18 heavy (non-hydrogen) atoms. The zero-order valence-corrected chi connectivity index (χ0v) is 11.1. The molecule has 0 bridgehead atoms.